The summed E-state index contributed by atoms with van der Waals surface area (Å²) in [4.78, 5) is 19.4. The summed E-state index contributed by atoms with van der Waals surface area (Å²) in [6.45, 7) is 4.27. The number of imidazole rings is 1. The van der Waals surface area contributed by atoms with Gasteiger partial charge in [0.1, 0.15) is 11.6 Å². The Morgan fingerprint density at radius 2 is 2.12 bits per heavy atom. The summed E-state index contributed by atoms with van der Waals surface area (Å²) in [6, 6.07) is 7.96. The second-order valence-electron chi connectivity index (χ2n) is 7.18. The smallest absolute Gasteiger partial charge is 0.257 e. The molecule has 4 rings (SSSR count). The van der Waals surface area contributed by atoms with Crippen molar-refractivity contribution in [1.82, 2.24) is 14.5 Å². The predicted octanol–water partition coefficient (Wildman–Crippen LogP) is 3.46. The zero-order chi connectivity index (χ0) is 17.2. The minimum absolute atomic E-state index is 0.0777. The second-order valence-corrected chi connectivity index (χ2v) is 7.18. The number of amides is 1. The number of piperidine rings is 1. The first kappa shape index (κ1) is 16.2. The maximum atomic E-state index is 13.1. The third-order valence-corrected chi connectivity index (χ3v) is 5.23. The number of ether oxygens (including phenoxy) is 1. The Bertz CT molecular complexity index is 751. The highest BCUT2D eigenvalue weighted by atomic mass is 16.5. The van der Waals surface area contributed by atoms with Crippen molar-refractivity contribution in [3.8, 4) is 5.75 Å². The van der Waals surface area contributed by atoms with E-state index < -0.39 is 0 Å². The predicted molar refractivity (Wildman–Crippen MR) is 95.8 cm³/mol. The summed E-state index contributed by atoms with van der Waals surface area (Å²) < 4.78 is 8.12. The highest BCUT2D eigenvalue weighted by Gasteiger charge is 2.28. The minimum Gasteiger partial charge on any atom is -0.492 e. The van der Waals surface area contributed by atoms with Gasteiger partial charge in [0.25, 0.3) is 5.91 Å². The molecule has 0 N–H and O–H groups in total. The lowest BCUT2D eigenvalue weighted by molar-refractivity contribution is 0.0673. The molecule has 25 heavy (non-hydrogen) atoms. The minimum atomic E-state index is 0.0777. The van der Waals surface area contributed by atoms with Gasteiger partial charge >= 0.3 is 0 Å². The fraction of sp³-hybridized carbons (Fsp3) is 0.500. The van der Waals surface area contributed by atoms with E-state index >= 15 is 0 Å². The number of hydrogen-bond donors (Lipinski definition) is 0. The van der Waals surface area contributed by atoms with Crippen LogP contribution in [0.25, 0.3) is 0 Å². The van der Waals surface area contributed by atoms with Crippen LogP contribution in [0.3, 0.4) is 0 Å². The number of benzene rings is 1. The van der Waals surface area contributed by atoms with Crippen LogP contribution < -0.4 is 4.74 Å². The summed E-state index contributed by atoms with van der Waals surface area (Å²) in [5.74, 6) is 2.48. The zero-order valence-corrected chi connectivity index (χ0v) is 14.7. The lowest BCUT2D eigenvalue weighted by atomic mass is 10.0. The molecule has 2 heterocycles. The van der Waals surface area contributed by atoms with Gasteiger partial charge in [0.05, 0.1) is 18.2 Å². The number of rotatable bonds is 5. The van der Waals surface area contributed by atoms with Crippen molar-refractivity contribution in [3.63, 3.8) is 0 Å². The van der Waals surface area contributed by atoms with Crippen molar-refractivity contribution in [2.24, 2.45) is 5.92 Å². The highest BCUT2D eigenvalue weighted by molar-refractivity contribution is 5.97. The number of carbonyl (C=O) groups excluding carboxylic acids is 1. The van der Waals surface area contributed by atoms with E-state index in [2.05, 4.69) is 9.55 Å². The van der Waals surface area contributed by atoms with Gasteiger partial charge in [-0.15, -0.1) is 0 Å². The van der Waals surface area contributed by atoms with Crippen LogP contribution in [-0.2, 0) is 0 Å². The second kappa shape index (κ2) is 6.90. The number of aromatic nitrogens is 2. The molecule has 2 aliphatic rings. The van der Waals surface area contributed by atoms with E-state index in [1.165, 1.54) is 12.8 Å². The Balaban J connectivity index is 1.49. The van der Waals surface area contributed by atoms with Gasteiger partial charge in [0.2, 0.25) is 0 Å². The van der Waals surface area contributed by atoms with Crippen LogP contribution in [0.15, 0.2) is 36.7 Å². The van der Waals surface area contributed by atoms with Gasteiger partial charge in [-0.1, -0.05) is 12.1 Å². The van der Waals surface area contributed by atoms with E-state index in [9.17, 15) is 4.79 Å². The van der Waals surface area contributed by atoms with Crippen molar-refractivity contribution in [1.29, 1.82) is 0 Å². The molecule has 1 aliphatic heterocycles. The molecule has 0 spiro atoms. The topological polar surface area (TPSA) is 47.4 Å². The summed E-state index contributed by atoms with van der Waals surface area (Å²) in [5.41, 5.74) is 0.686. The molecule has 1 aromatic heterocycles. The maximum absolute atomic E-state index is 13.1. The molecule has 2 fully saturated rings. The Kier molecular flexibility index (Phi) is 4.47. The molecule has 0 unspecified atom stereocenters. The molecule has 5 nitrogen and oxygen atoms in total. The summed E-state index contributed by atoms with van der Waals surface area (Å²) >= 11 is 0. The maximum Gasteiger partial charge on any atom is 0.257 e. The fourth-order valence-corrected chi connectivity index (χ4v) is 3.57. The Morgan fingerprint density at radius 3 is 2.88 bits per heavy atom. The number of likely N-dealkylation sites (tertiary alicyclic amines) is 1. The molecule has 0 radical (unpaired) electrons. The first-order valence-electron chi connectivity index (χ1n) is 9.23. The van der Waals surface area contributed by atoms with E-state index in [1.54, 1.807) is 0 Å². The first-order chi connectivity index (χ1) is 12.2. The van der Waals surface area contributed by atoms with Crippen molar-refractivity contribution < 1.29 is 9.53 Å². The van der Waals surface area contributed by atoms with Gasteiger partial charge < -0.3 is 14.2 Å². The van der Waals surface area contributed by atoms with Crippen molar-refractivity contribution in [2.45, 2.75) is 38.6 Å². The van der Waals surface area contributed by atoms with Gasteiger partial charge in [-0.3, -0.25) is 4.79 Å². The van der Waals surface area contributed by atoms with E-state index in [0.717, 1.165) is 44.1 Å². The quantitative estimate of drug-likeness (QED) is 0.838. The van der Waals surface area contributed by atoms with Gasteiger partial charge in [0, 0.05) is 25.5 Å². The molecule has 0 bridgehead atoms. The standard InChI is InChI=1S/C20H25N3O2/c1-15-21-10-12-23(15)17-5-4-11-22(13-17)20(24)18-6-2-3-7-19(18)25-14-16-8-9-16/h2-3,6-7,10,12,16-17H,4-5,8-9,11,13-14H2,1H3/t17-/m0/s1. The van der Waals surface area contributed by atoms with E-state index in [-0.39, 0.29) is 5.91 Å². The van der Waals surface area contributed by atoms with Crippen LogP contribution in [0.2, 0.25) is 0 Å². The van der Waals surface area contributed by atoms with Gasteiger partial charge in [-0.05, 0) is 50.7 Å². The lowest BCUT2D eigenvalue weighted by Crippen LogP contribution is -2.41. The molecular weight excluding hydrogens is 314 g/mol. The Hall–Kier alpha value is -2.30. The molecule has 132 valence electrons. The van der Waals surface area contributed by atoms with Crippen LogP contribution in [-0.4, -0.2) is 40.1 Å². The Morgan fingerprint density at radius 1 is 1.28 bits per heavy atom. The van der Waals surface area contributed by atoms with Gasteiger partial charge in [0.15, 0.2) is 0 Å². The SMILES string of the molecule is Cc1nccn1[C@H]1CCCN(C(=O)c2ccccc2OCC2CC2)C1. The van der Waals surface area contributed by atoms with Crippen LogP contribution in [0.4, 0.5) is 0 Å². The Labute approximate surface area is 148 Å². The highest BCUT2D eigenvalue weighted by Crippen LogP contribution is 2.31. The van der Waals surface area contributed by atoms with Crippen LogP contribution in [0, 0.1) is 12.8 Å². The lowest BCUT2D eigenvalue weighted by Gasteiger charge is -2.34. The monoisotopic (exact) mass is 339 g/mol. The number of aryl methyl sites for hydroxylation is 1. The zero-order valence-electron chi connectivity index (χ0n) is 14.7. The number of para-hydroxylation sites is 1. The van der Waals surface area contributed by atoms with Crippen LogP contribution >= 0.6 is 0 Å². The normalized spacial score (nSPS) is 20.5. The average Bonchev–Trinajstić information content (AvgIpc) is 3.39. The third-order valence-electron chi connectivity index (χ3n) is 5.23. The molecule has 2 aromatic rings. The van der Waals surface area contributed by atoms with Crippen molar-refractivity contribution in [2.75, 3.05) is 19.7 Å². The summed E-state index contributed by atoms with van der Waals surface area (Å²) in [7, 11) is 0. The average molecular weight is 339 g/mol. The van der Waals surface area contributed by atoms with Crippen LogP contribution in [0.1, 0.15) is 47.9 Å². The molecule has 5 heteroatoms. The number of nitrogens with zero attached hydrogens (tertiary/aromatic N) is 3. The molecular formula is C20H25N3O2. The van der Waals surface area contributed by atoms with Crippen molar-refractivity contribution >= 4 is 5.91 Å². The molecule has 1 saturated carbocycles. The molecule has 1 aliphatic carbocycles. The third kappa shape index (κ3) is 3.55. The summed E-state index contributed by atoms with van der Waals surface area (Å²) in [6.07, 6.45) is 8.43. The fourth-order valence-electron chi connectivity index (χ4n) is 3.57. The van der Waals surface area contributed by atoms with E-state index in [0.29, 0.717) is 17.5 Å². The largest absolute Gasteiger partial charge is 0.492 e. The van der Waals surface area contributed by atoms with E-state index in [4.69, 9.17) is 4.74 Å². The molecule has 1 amide bonds. The van der Waals surface area contributed by atoms with Gasteiger partial charge in [-0.2, -0.15) is 0 Å². The van der Waals surface area contributed by atoms with Gasteiger partial charge in [-0.25, -0.2) is 4.98 Å². The van der Waals surface area contributed by atoms with E-state index in [1.807, 2.05) is 48.5 Å². The number of hydrogen-bond acceptors (Lipinski definition) is 3. The van der Waals surface area contributed by atoms with Crippen LogP contribution in [0.5, 0.6) is 5.75 Å². The molecule has 1 saturated heterocycles. The molecule has 1 aromatic carbocycles. The number of carbonyl (C=O) groups is 1. The summed E-state index contributed by atoms with van der Waals surface area (Å²) in [5, 5.41) is 0. The molecule has 1 atom stereocenters. The first-order valence-corrected chi connectivity index (χ1v) is 9.23. The van der Waals surface area contributed by atoms with Crippen molar-refractivity contribution in [3.05, 3.63) is 48.0 Å².